The Bertz CT molecular complexity index is 657. The summed E-state index contributed by atoms with van der Waals surface area (Å²) in [6.07, 6.45) is 8.98. The number of allylic oxidation sites excluding steroid dienone is 1. The largest absolute Gasteiger partial charge is 0.411 e. The van der Waals surface area contributed by atoms with E-state index in [1.807, 2.05) is 0 Å². The Balaban J connectivity index is 1.75. The quantitative estimate of drug-likeness (QED) is 0.463. The van der Waals surface area contributed by atoms with Crippen LogP contribution in [0.15, 0.2) is 11.1 Å². The molecule has 0 amide bonds. The van der Waals surface area contributed by atoms with Crippen molar-refractivity contribution in [3.8, 4) is 0 Å². The van der Waals surface area contributed by atoms with Crippen LogP contribution >= 0.6 is 0 Å². The number of fused-ring (bicyclic) bond motifs is 4. The SMILES string of the molecule is CC1=C2[C@@H](CC1)[C@@]1(C)O[C@](C3CCCCC3)(C[C@H]1O[Si](C)(C)C(C)(C)C)[C@H]2O. The van der Waals surface area contributed by atoms with Crippen molar-refractivity contribution in [1.29, 1.82) is 0 Å². The number of aliphatic hydroxyl groups excluding tert-OH is 1. The summed E-state index contributed by atoms with van der Waals surface area (Å²) in [5, 5.41) is 11.9. The van der Waals surface area contributed by atoms with E-state index in [4.69, 9.17) is 9.16 Å². The number of hydrogen-bond acceptors (Lipinski definition) is 3. The maximum Gasteiger partial charge on any atom is 0.192 e. The Hall–Kier alpha value is -0.163. The fourth-order valence-corrected chi connectivity index (χ4v) is 7.85. The van der Waals surface area contributed by atoms with Crippen molar-refractivity contribution in [1.82, 2.24) is 0 Å². The molecule has 160 valence electrons. The number of ether oxygens (including phenoxy) is 1. The van der Waals surface area contributed by atoms with E-state index in [2.05, 4.69) is 47.7 Å². The maximum absolute atomic E-state index is 11.7. The summed E-state index contributed by atoms with van der Waals surface area (Å²) >= 11 is 0. The highest BCUT2D eigenvalue weighted by atomic mass is 28.4. The molecule has 2 aliphatic heterocycles. The van der Waals surface area contributed by atoms with Gasteiger partial charge in [-0.3, -0.25) is 0 Å². The fraction of sp³-hybridized carbons (Fsp3) is 0.917. The molecule has 4 aliphatic rings. The zero-order chi connectivity index (χ0) is 20.5. The molecule has 0 unspecified atom stereocenters. The topological polar surface area (TPSA) is 38.7 Å². The molecule has 3 fully saturated rings. The number of rotatable bonds is 3. The van der Waals surface area contributed by atoms with Crippen molar-refractivity contribution in [3.05, 3.63) is 11.1 Å². The molecule has 0 aromatic heterocycles. The standard InChI is InChI=1S/C24H42O3Si/c1-16-13-14-18-20(16)21(25)24(17-11-9-8-10-12-17)15-19(23(18,5)27-24)26-28(6,7)22(2,3)4/h17-19,21,25H,8-15H2,1-7H3/t18-,19-,21+,23-,24+/m1/s1. The predicted molar refractivity (Wildman–Crippen MR) is 117 cm³/mol. The first-order chi connectivity index (χ1) is 12.9. The molecule has 2 aliphatic carbocycles. The van der Waals surface area contributed by atoms with Crippen LogP contribution in [-0.2, 0) is 9.16 Å². The highest BCUT2D eigenvalue weighted by Gasteiger charge is 2.69. The first-order valence-corrected chi connectivity index (χ1v) is 14.6. The summed E-state index contributed by atoms with van der Waals surface area (Å²) in [5.41, 5.74) is 2.01. The van der Waals surface area contributed by atoms with E-state index in [1.165, 1.54) is 43.3 Å². The van der Waals surface area contributed by atoms with Crippen LogP contribution in [0.3, 0.4) is 0 Å². The van der Waals surface area contributed by atoms with Crippen LogP contribution in [0, 0.1) is 11.8 Å². The highest BCUT2D eigenvalue weighted by molar-refractivity contribution is 6.74. The molecule has 4 rings (SSSR count). The highest BCUT2D eigenvalue weighted by Crippen LogP contribution is 2.62. The minimum atomic E-state index is -1.92. The number of aliphatic hydroxyl groups is 1. The molecule has 5 atom stereocenters. The second-order valence-corrected chi connectivity index (χ2v) is 16.6. The van der Waals surface area contributed by atoms with Gasteiger partial charge < -0.3 is 14.3 Å². The molecule has 3 nitrogen and oxygen atoms in total. The lowest BCUT2D eigenvalue weighted by molar-refractivity contribution is -0.218. The Labute approximate surface area is 173 Å². The van der Waals surface area contributed by atoms with Crippen molar-refractivity contribution in [3.63, 3.8) is 0 Å². The molecule has 0 aromatic carbocycles. The van der Waals surface area contributed by atoms with Gasteiger partial charge in [0, 0.05) is 12.3 Å². The summed E-state index contributed by atoms with van der Waals surface area (Å²) in [4.78, 5) is 0. The predicted octanol–water partition coefficient (Wildman–Crippen LogP) is 5.98. The Morgan fingerprint density at radius 2 is 1.75 bits per heavy atom. The first kappa shape index (κ1) is 21.1. The third kappa shape index (κ3) is 2.92. The first-order valence-electron chi connectivity index (χ1n) is 11.7. The maximum atomic E-state index is 11.7. The molecule has 28 heavy (non-hydrogen) atoms. The molecule has 0 aromatic rings. The Kier molecular flexibility index (Phi) is 5.02. The van der Waals surface area contributed by atoms with Crippen LogP contribution in [-0.4, -0.2) is 36.8 Å². The van der Waals surface area contributed by atoms with E-state index in [0.29, 0.717) is 11.8 Å². The molecule has 0 radical (unpaired) electrons. The monoisotopic (exact) mass is 406 g/mol. The molecule has 4 heteroatoms. The van der Waals surface area contributed by atoms with E-state index < -0.39 is 20.0 Å². The van der Waals surface area contributed by atoms with E-state index in [-0.39, 0.29) is 16.7 Å². The molecule has 1 N–H and O–H groups in total. The van der Waals surface area contributed by atoms with E-state index in [1.54, 1.807) is 0 Å². The third-order valence-corrected chi connectivity index (χ3v) is 13.7. The second-order valence-electron chi connectivity index (χ2n) is 11.9. The molecule has 0 spiro atoms. The molecule has 2 saturated heterocycles. The summed E-state index contributed by atoms with van der Waals surface area (Å²) < 4.78 is 14.1. The van der Waals surface area contributed by atoms with Crippen LogP contribution < -0.4 is 0 Å². The summed E-state index contributed by atoms with van der Waals surface area (Å²) in [6, 6.07) is 0. The molecular formula is C24H42O3Si. The van der Waals surface area contributed by atoms with Crippen molar-refractivity contribution in [2.75, 3.05) is 0 Å². The van der Waals surface area contributed by atoms with Crippen LogP contribution in [0.5, 0.6) is 0 Å². The van der Waals surface area contributed by atoms with Gasteiger partial charge in [0.2, 0.25) is 0 Å². The smallest absolute Gasteiger partial charge is 0.192 e. The van der Waals surface area contributed by atoms with Crippen LogP contribution in [0.1, 0.15) is 86.0 Å². The molecule has 1 saturated carbocycles. The van der Waals surface area contributed by atoms with E-state index in [0.717, 1.165) is 19.3 Å². The van der Waals surface area contributed by atoms with E-state index >= 15 is 0 Å². The number of hydrogen-bond donors (Lipinski definition) is 1. The van der Waals surface area contributed by atoms with Crippen LogP contribution in [0.2, 0.25) is 18.1 Å². The minimum Gasteiger partial charge on any atom is -0.411 e. The van der Waals surface area contributed by atoms with Gasteiger partial charge in [-0.2, -0.15) is 0 Å². The second kappa shape index (κ2) is 6.67. The van der Waals surface area contributed by atoms with E-state index in [9.17, 15) is 5.11 Å². The van der Waals surface area contributed by atoms with Crippen molar-refractivity contribution in [2.45, 2.75) is 128 Å². The van der Waals surface area contributed by atoms with Crippen molar-refractivity contribution >= 4 is 8.32 Å². The molecule has 2 heterocycles. The van der Waals surface area contributed by atoms with Crippen LogP contribution in [0.25, 0.3) is 0 Å². The average Bonchev–Trinajstić information content (AvgIpc) is 3.12. The van der Waals surface area contributed by atoms with Gasteiger partial charge in [0.25, 0.3) is 0 Å². The molecular weight excluding hydrogens is 364 g/mol. The minimum absolute atomic E-state index is 0.0957. The van der Waals surface area contributed by atoms with Crippen molar-refractivity contribution in [2.24, 2.45) is 11.8 Å². The third-order valence-electron chi connectivity index (χ3n) is 9.22. The fourth-order valence-electron chi connectivity index (χ4n) is 6.47. The van der Waals surface area contributed by atoms with Gasteiger partial charge in [-0.1, -0.05) is 45.6 Å². The summed E-state index contributed by atoms with van der Waals surface area (Å²) in [6.45, 7) is 16.2. The van der Waals surface area contributed by atoms with Gasteiger partial charge >= 0.3 is 0 Å². The lowest BCUT2D eigenvalue weighted by atomic mass is 9.69. The zero-order valence-electron chi connectivity index (χ0n) is 19.2. The molecule has 2 bridgehead atoms. The van der Waals surface area contributed by atoms with Gasteiger partial charge in [-0.15, -0.1) is 0 Å². The average molecular weight is 407 g/mol. The normalized spacial score (nSPS) is 42.2. The van der Waals surface area contributed by atoms with Gasteiger partial charge in [0.1, 0.15) is 11.7 Å². The Morgan fingerprint density at radius 1 is 1.11 bits per heavy atom. The lowest BCUT2D eigenvalue weighted by Gasteiger charge is -2.51. The lowest BCUT2D eigenvalue weighted by Crippen LogP contribution is -2.59. The summed E-state index contributed by atoms with van der Waals surface area (Å²) in [7, 11) is -1.92. The van der Waals surface area contributed by atoms with Gasteiger partial charge in [-0.25, -0.2) is 0 Å². The van der Waals surface area contributed by atoms with Gasteiger partial charge in [0.05, 0.1) is 11.7 Å². The zero-order valence-corrected chi connectivity index (χ0v) is 20.2. The Morgan fingerprint density at radius 3 is 2.36 bits per heavy atom. The van der Waals surface area contributed by atoms with Gasteiger partial charge in [-0.05, 0) is 69.2 Å². The summed E-state index contributed by atoms with van der Waals surface area (Å²) in [5.74, 6) is 0.780. The van der Waals surface area contributed by atoms with Gasteiger partial charge in [0.15, 0.2) is 8.32 Å². The van der Waals surface area contributed by atoms with Crippen LogP contribution in [0.4, 0.5) is 0 Å². The van der Waals surface area contributed by atoms with Crippen molar-refractivity contribution < 1.29 is 14.3 Å².